The molecule has 2 unspecified atom stereocenters. The quantitative estimate of drug-likeness (QED) is 0.931. The molecule has 1 N–H and O–H groups in total. The van der Waals surface area contributed by atoms with E-state index in [1.54, 1.807) is 7.11 Å². The van der Waals surface area contributed by atoms with Crippen molar-refractivity contribution in [3.63, 3.8) is 0 Å². The van der Waals surface area contributed by atoms with E-state index in [2.05, 4.69) is 22.4 Å². The van der Waals surface area contributed by atoms with Crippen LogP contribution in [-0.2, 0) is 0 Å². The van der Waals surface area contributed by atoms with Gasteiger partial charge in [0.25, 0.3) is 0 Å². The summed E-state index contributed by atoms with van der Waals surface area (Å²) in [6.45, 7) is 3.18. The van der Waals surface area contributed by atoms with Crippen LogP contribution in [-0.4, -0.2) is 29.8 Å². The maximum Gasteiger partial charge on any atom is 0.230 e. The highest BCUT2D eigenvalue weighted by Gasteiger charge is 2.25. The van der Waals surface area contributed by atoms with Gasteiger partial charge < -0.3 is 14.6 Å². The highest BCUT2D eigenvalue weighted by molar-refractivity contribution is 5.63. The Morgan fingerprint density at radius 1 is 1.35 bits per heavy atom. The summed E-state index contributed by atoms with van der Waals surface area (Å²) in [5.41, 5.74) is 0.868. The molecule has 1 aliphatic rings. The molecule has 1 aliphatic heterocycles. The molecule has 2 atom stereocenters. The van der Waals surface area contributed by atoms with Gasteiger partial charge in [-0.25, -0.2) is 0 Å². The zero-order chi connectivity index (χ0) is 13.9. The second kappa shape index (κ2) is 5.63. The van der Waals surface area contributed by atoms with Crippen molar-refractivity contribution in [2.75, 3.05) is 13.7 Å². The molecule has 2 heterocycles. The number of aromatic nitrogens is 2. The summed E-state index contributed by atoms with van der Waals surface area (Å²) >= 11 is 0. The van der Waals surface area contributed by atoms with Crippen molar-refractivity contribution >= 4 is 0 Å². The fraction of sp³-hybridized carbons (Fsp3) is 0.467. The molecule has 0 saturated carbocycles. The molecule has 0 spiro atoms. The van der Waals surface area contributed by atoms with Crippen molar-refractivity contribution in [1.29, 1.82) is 0 Å². The van der Waals surface area contributed by atoms with Gasteiger partial charge in [-0.1, -0.05) is 17.3 Å². The van der Waals surface area contributed by atoms with E-state index in [0.717, 1.165) is 36.6 Å². The first-order chi connectivity index (χ1) is 9.78. The molecule has 0 bridgehead atoms. The van der Waals surface area contributed by atoms with Crippen molar-refractivity contribution in [1.82, 2.24) is 15.5 Å². The van der Waals surface area contributed by atoms with E-state index in [4.69, 9.17) is 9.26 Å². The Kier molecular flexibility index (Phi) is 3.69. The predicted octanol–water partition coefficient (Wildman–Crippen LogP) is 2.60. The minimum Gasteiger partial charge on any atom is -0.496 e. The third kappa shape index (κ3) is 2.54. The van der Waals surface area contributed by atoms with Crippen molar-refractivity contribution < 1.29 is 9.26 Å². The lowest BCUT2D eigenvalue weighted by Gasteiger charge is -2.25. The number of nitrogens with zero attached hydrogens (tertiary/aromatic N) is 2. The minimum atomic E-state index is 0.349. The molecule has 20 heavy (non-hydrogen) atoms. The first-order valence-corrected chi connectivity index (χ1v) is 6.98. The highest BCUT2D eigenvalue weighted by atomic mass is 16.5. The Bertz CT molecular complexity index is 582. The molecule has 5 nitrogen and oxygen atoms in total. The molecule has 0 aliphatic carbocycles. The van der Waals surface area contributed by atoms with E-state index in [1.165, 1.54) is 0 Å². The van der Waals surface area contributed by atoms with Crippen LogP contribution in [0.4, 0.5) is 0 Å². The SMILES string of the molecule is COc1ccccc1-c1noc(C2CCNC(C)C2)n1. The normalized spacial score (nSPS) is 22.7. The van der Waals surface area contributed by atoms with Gasteiger partial charge in [-0.15, -0.1) is 0 Å². The second-order valence-corrected chi connectivity index (χ2v) is 5.23. The van der Waals surface area contributed by atoms with Crippen LogP contribution in [0.15, 0.2) is 28.8 Å². The zero-order valence-electron chi connectivity index (χ0n) is 11.8. The van der Waals surface area contributed by atoms with Crippen molar-refractivity contribution in [3.8, 4) is 17.1 Å². The molecule has 3 rings (SSSR count). The monoisotopic (exact) mass is 273 g/mol. The molecular formula is C15H19N3O2. The number of methoxy groups -OCH3 is 1. The van der Waals surface area contributed by atoms with Crippen molar-refractivity contribution in [3.05, 3.63) is 30.2 Å². The third-order valence-corrected chi connectivity index (χ3v) is 3.76. The lowest BCUT2D eigenvalue weighted by molar-refractivity contribution is 0.295. The maximum absolute atomic E-state index is 5.46. The number of hydrogen-bond acceptors (Lipinski definition) is 5. The summed E-state index contributed by atoms with van der Waals surface area (Å²) in [5.74, 6) is 2.45. The van der Waals surface area contributed by atoms with Crippen molar-refractivity contribution in [2.24, 2.45) is 0 Å². The molecule has 1 aromatic heterocycles. The zero-order valence-corrected chi connectivity index (χ0v) is 11.8. The minimum absolute atomic E-state index is 0.349. The standard InChI is InChI=1S/C15H19N3O2/c1-10-9-11(7-8-16-10)15-17-14(18-20-15)12-5-3-4-6-13(12)19-2/h3-6,10-11,16H,7-9H2,1-2H3. The summed E-state index contributed by atoms with van der Waals surface area (Å²) in [6, 6.07) is 8.21. The van der Waals surface area contributed by atoms with E-state index in [9.17, 15) is 0 Å². The summed E-state index contributed by atoms with van der Waals surface area (Å²) in [4.78, 5) is 4.56. The molecule has 1 saturated heterocycles. The fourth-order valence-electron chi connectivity index (χ4n) is 2.70. The van der Waals surface area contributed by atoms with Crippen LogP contribution in [0, 0.1) is 0 Å². The van der Waals surface area contributed by atoms with Gasteiger partial charge in [-0.2, -0.15) is 4.98 Å². The highest BCUT2D eigenvalue weighted by Crippen LogP contribution is 2.31. The summed E-state index contributed by atoms with van der Waals surface area (Å²) in [5, 5.41) is 7.54. The smallest absolute Gasteiger partial charge is 0.230 e. The maximum atomic E-state index is 5.46. The molecule has 5 heteroatoms. The van der Waals surface area contributed by atoms with Crippen LogP contribution in [0.3, 0.4) is 0 Å². The Morgan fingerprint density at radius 2 is 2.20 bits per heavy atom. The van der Waals surface area contributed by atoms with E-state index >= 15 is 0 Å². The number of para-hydroxylation sites is 1. The topological polar surface area (TPSA) is 60.2 Å². The van der Waals surface area contributed by atoms with Crippen LogP contribution in [0.5, 0.6) is 5.75 Å². The average molecular weight is 273 g/mol. The van der Waals surface area contributed by atoms with Gasteiger partial charge in [0, 0.05) is 12.0 Å². The first kappa shape index (κ1) is 13.1. The first-order valence-electron chi connectivity index (χ1n) is 6.98. The number of hydrogen-bond donors (Lipinski definition) is 1. The molecule has 106 valence electrons. The van der Waals surface area contributed by atoms with Crippen LogP contribution >= 0.6 is 0 Å². The average Bonchev–Trinajstić information content (AvgIpc) is 2.97. The Balaban J connectivity index is 1.86. The molecule has 2 aromatic rings. The van der Waals surface area contributed by atoms with Crippen molar-refractivity contribution in [2.45, 2.75) is 31.7 Å². The van der Waals surface area contributed by atoms with Gasteiger partial charge in [0.1, 0.15) is 5.75 Å². The molecule has 1 fully saturated rings. The number of ether oxygens (including phenoxy) is 1. The predicted molar refractivity (Wildman–Crippen MR) is 75.7 cm³/mol. The summed E-state index contributed by atoms with van der Waals surface area (Å²) in [6.07, 6.45) is 2.07. The number of rotatable bonds is 3. The molecule has 0 radical (unpaired) electrons. The Morgan fingerprint density at radius 3 is 3.00 bits per heavy atom. The van der Waals surface area contributed by atoms with Crippen LogP contribution in [0.25, 0.3) is 11.4 Å². The summed E-state index contributed by atoms with van der Waals surface area (Å²) < 4.78 is 10.8. The summed E-state index contributed by atoms with van der Waals surface area (Å²) in [7, 11) is 1.65. The van der Waals surface area contributed by atoms with Gasteiger partial charge in [0.05, 0.1) is 12.7 Å². The lowest BCUT2D eigenvalue weighted by Crippen LogP contribution is -2.34. The fourth-order valence-corrected chi connectivity index (χ4v) is 2.70. The molecular weight excluding hydrogens is 254 g/mol. The largest absolute Gasteiger partial charge is 0.496 e. The van der Waals surface area contributed by atoms with Gasteiger partial charge in [0.15, 0.2) is 0 Å². The van der Waals surface area contributed by atoms with Crippen LogP contribution < -0.4 is 10.1 Å². The number of benzene rings is 1. The molecule has 0 amide bonds. The third-order valence-electron chi connectivity index (χ3n) is 3.76. The van der Waals surface area contributed by atoms with Gasteiger partial charge in [0.2, 0.25) is 11.7 Å². The van der Waals surface area contributed by atoms with E-state index < -0.39 is 0 Å². The Hall–Kier alpha value is -1.88. The van der Waals surface area contributed by atoms with Crippen LogP contribution in [0.2, 0.25) is 0 Å². The van der Waals surface area contributed by atoms with Crippen LogP contribution in [0.1, 0.15) is 31.6 Å². The Labute approximate surface area is 118 Å². The molecule has 1 aromatic carbocycles. The van der Waals surface area contributed by atoms with Gasteiger partial charge in [-0.3, -0.25) is 0 Å². The van der Waals surface area contributed by atoms with Gasteiger partial charge in [-0.05, 0) is 38.4 Å². The van der Waals surface area contributed by atoms with E-state index in [0.29, 0.717) is 17.8 Å². The van der Waals surface area contributed by atoms with Gasteiger partial charge >= 0.3 is 0 Å². The number of piperidine rings is 1. The lowest BCUT2D eigenvalue weighted by atomic mass is 9.93. The van der Waals surface area contributed by atoms with E-state index in [1.807, 2.05) is 24.3 Å². The second-order valence-electron chi connectivity index (χ2n) is 5.23. The number of nitrogens with one attached hydrogen (secondary N) is 1. The van der Waals surface area contributed by atoms with E-state index in [-0.39, 0.29) is 0 Å².